The Morgan fingerprint density at radius 1 is 1.22 bits per heavy atom. The zero-order valence-electron chi connectivity index (χ0n) is 20.0. The number of benzene rings is 1. The summed E-state index contributed by atoms with van der Waals surface area (Å²) >= 11 is 2.49. The third-order valence-electron chi connectivity index (χ3n) is 5.98. The highest BCUT2D eigenvalue weighted by molar-refractivity contribution is 7.99. The van der Waals surface area contributed by atoms with Crippen molar-refractivity contribution in [3.05, 3.63) is 62.6 Å². The number of anilines is 1. The Morgan fingerprint density at radius 2 is 2.00 bits per heavy atom. The number of nitrogens with zero attached hydrogens (tertiary/aromatic N) is 3. The van der Waals surface area contributed by atoms with E-state index >= 15 is 0 Å². The van der Waals surface area contributed by atoms with Gasteiger partial charge in [-0.3, -0.25) is 9.59 Å². The number of amides is 1. The summed E-state index contributed by atoms with van der Waals surface area (Å²) in [5.74, 6) is -1.18. The van der Waals surface area contributed by atoms with Crippen LogP contribution in [0.1, 0.15) is 47.0 Å². The molecular formula is C25H24FN5O4S2. The largest absolute Gasteiger partial charge is 0.462 e. The van der Waals surface area contributed by atoms with Crippen LogP contribution >= 0.6 is 23.1 Å². The first-order chi connectivity index (χ1) is 17.9. The number of aromatic amines is 1. The number of hydrogen-bond acceptors (Lipinski definition) is 8. The molecule has 0 aliphatic heterocycles. The molecular weight excluding hydrogens is 517 g/mol. The average Bonchev–Trinajstić information content (AvgIpc) is 3.37. The smallest absolute Gasteiger partial charge is 0.341 e. The number of fused-ring (bicyclic) bond motifs is 2. The number of carbonyl (C=O) groups excluding carboxylic acids is 2. The van der Waals surface area contributed by atoms with Gasteiger partial charge in [0.25, 0.3) is 5.56 Å². The number of hydrogen-bond donors (Lipinski definition) is 2. The number of nitrogens with one attached hydrogen (secondary N) is 2. The van der Waals surface area contributed by atoms with Gasteiger partial charge in [0, 0.05) is 4.88 Å². The maximum atomic E-state index is 13.3. The SMILES string of the molecule is CCOC(=O)c1c(NC(=O)CSc2nc3c(cnn3-c3ccc(F)cc3)c(=O)[nH]2)sc2c1CCCCC2. The molecule has 0 spiro atoms. The van der Waals surface area contributed by atoms with Crippen molar-refractivity contribution in [2.24, 2.45) is 0 Å². The maximum Gasteiger partial charge on any atom is 0.341 e. The van der Waals surface area contributed by atoms with Gasteiger partial charge in [0.15, 0.2) is 10.8 Å². The lowest BCUT2D eigenvalue weighted by atomic mass is 10.1. The molecule has 2 N–H and O–H groups in total. The molecule has 9 nitrogen and oxygen atoms in total. The van der Waals surface area contributed by atoms with Crippen molar-refractivity contribution < 1.29 is 18.7 Å². The van der Waals surface area contributed by atoms with Crippen LogP contribution in [0.5, 0.6) is 0 Å². The fraction of sp³-hybridized carbons (Fsp3) is 0.320. The number of ether oxygens (including phenoxy) is 1. The summed E-state index contributed by atoms with van der Waals surface area (Å²) in [5.41, 5.74) is 1.89. The number of aryl methyl sites for hydroxylation is 1. The first kappa shape index (κ1) is 25.2. The van der Waals surface area contributed by atoms with Gasteiger partial charge in [-0.15, -0.1) is 11.3 Å². The first-order valence-electron chi connectivity index (χ1n) is 11.9. The van der Waals surface area contributed by atoms with Gasteiger partial charge in [-0.25, -0.2) is 18.9 Å². The van der Waals surface area contributed by atoms with Crippen LogP contribution in [0.15, 0.2) is 40.4 Å². The molecule has 37 heavy (non-hydrogen) atoms. The zero-order chi connectivity index (χ0) is 25.9. The van der Waals surface area contributed by atoms with E-state index in [1.807, 2.05) is 0 Å². The highest BCUT2D eigenvalue weighted by atomic mass is 32.2. The summed E-state index contributed by atoms with van der Waals surface area (Å²) in [4.78, 5) is 46.4. The van der Waals surface area contributed by atoms with E-state index in [1.165, 1.54) is 46.5 Å². The van der Waals surface area contributed by atoms with Gasteiger partial charge in [-0.2, -0.15) is 5.10 Å². The summed E-state index contributed by atoms with van der Waals surface area (Å²) in [5, 5.41) is 8.10. The van der Waals surface area contributed by atoms with Crippen LogP contribution in [0.3, 0.4) is 0 Å². The van der Waals surface area contributed by atoms with E-state index in [1.54, 1.807) is 6.92 Å². The Balaban J connectivity index is 1.35. The van der Waals surface area contributed by atoms with Crippen molar-refractivity contribution in [2.45, 2.75) is 44.2 Å². The van der Waals surface area contributed by atoms with Gasteiger partial charge >= 0.3 is 5.97 Å². The number of thiophene rings is 1. The minimum atomic E-state index is -0.421. The molecule has 0 atom stereocenters. The lowest BCUT2D eigenvalue weighted by Crippen LogP contribution is -2.17. The molecule has 5 rings (SSSR count). The van der Waals surface area contributed by atoms with E-state index in [9.17, 15) is 18.8 Å². The van der Waals surface area contributed by atoms with E-state index in [0.29, 0.717) is 21.9 Å². The number of carbonyl (C=O) groups is 2. The highest BCUT2D eigenvalue weighted by Gasteiger charge is 2.26. The van der Waals surface area contributed by atoms with Gasteiger partial charge in [0.05, 0.1) is 29.8 Å². The fourth-order valence-electron chi connectivity index (χ4n) is 4.28. The lowest BCUT2D eigenvalue weighted by Gasteiger charge is -2.08. The van der Waals surface area contributed by atoms with Gasteiger partial charge in [-0.05, 0) is 62.4 Å². The third-order valence-corrected chi connectivity index (χ3v) is 8.06. The molecule has 192 valence electrons. The lowest BCUT2D eigenvalue weighted by molar-refractivity contribution is -0.113. The number of halogens is 1. The molecule has 0 saturated carbocycles. The van der Waals surface area contributed by atoms with Gasteiger partial charge in [0.1, 0.15) is 16.2 Å². The molecule has 0 bridgehead atoms. The van der Waals surface area contributed by atoms with Gasteiger partial charge < -0.3 is 15.0 Å². The van der Waals surface area contributed by atoms with Crippen LogP contribution in [0.2, 0.25) is 0 Å². The van der Waals surface area contributed by atoms with Crippen molar-refractivity contribution in [2.75, 3.05) is 17.7 Å². The Bertz CT molecular complexity index is 1530. The van der Waals surface area contributed by atoms with Crippen molar-refractivity contribution >= 4 is 51.0 Å². The maximum absolute atomic E-state index is 13.3. The van der Waals surface area contributed by atoms with Crippen LogP contribution in [0, 0.1) is 5.82 Å². The number of esters is 1. The summed E-state index contributed by atoms with van der Waals surface area (Å²) in [6.07, 6.45) is 6.22. The van der Waals surface area contributed by atoms with Crippen molar-refractivity contribution in [1.29, 1.82) is 0 Å². The van der Waals surface area contributed by atoms with Crippen molar-refractivity contribution in [3.63, 3.8) is 0 Å². The topological polar surface area (TPSA) is 119 Å². The monoisotopic (exact) mass is 541 g/mol. The molecule has 12 heteroatoms. The van der Waals surface area contributed by atoms with Crippen molar-refractivity contribution in [3.8, 4) is 5.69 Å². The van der Waals surface area contributed by atoms with Crippen molar-refractivity contribution in [1.82, 2.24) is 19.7 Å². The van der Waals surface area contributed by atoms with Gasteiger partial charge in [0.2, 0.25) is 5.91 Å². The average molecular weight is 542 g/mol. The van der Waals surface area contributed by atoms with E-state index in [2.05, 4.69) is 20.4 Å². The van der Waals surface area contributed by atoms with Gasteiger partial charge in [-0.1, -0.05) is 18.2 Å². The molecule has 1 aliphatic carbocycles. The molecule has 1 aromatic carbocycles. The second kappa shape index (κ2) is 10.9. The summed E-state index contributed by atoms with van der Waals surface area (Å²) in [6.45, 7) is 2.01. The van der Waals surface area contributed by atoms with E-state index in [0.717, 1.165) is 54.3 Å². The zero-order valence-corrected chi connectivity index (χ0v) is 21.6. The number of thioether (sulfide) groups is 1. The molecule has 3 heterocycles. The molecule has 4 aromatic rings. The summed E-state index contributed by atoms with van der Waals surface area (Å²) < 4.78 is 20.0. The van der Waals surface area contributed by atoms with E-state index in [-0.39, 0.29) is 34.6 Å². The van der Waals surface area contributed by atoms with Crippen LogP contribution in [0.25, 0.3) is 16.7 Å². The summed E-state index contributed by atoms with van der Waals surface area (Å²) in [7, 11) is 0. The predicted octanol–water partition coefficient (Wildman–Crippen LogP) is 4.49. The van der Waals surface area contributed by atoms with Crippen LogP contribution < -0.4 is 10.9 Å². The summed E-state index contributed by atoms with van der Waals surface area (Å²) in [6, 6.07) is 5.67. The highest BCUT2D eigenvalue weighted by Crippen LogP contribution is 2.38. The molecule has 0 unspecified atom stereocenters. The molecule has 0 radical (unpaired) electrons. The Morgan fingerprint density at radius 3 is 2.78 bits per heavy atom. The Hall–Kier alpha value is -3.51. The van der Waals surface area contributed by atoms with Crippen LogP contribution in [-0.2, 0) is 22.4 Å². The normalized spacial score (nSPS) is 13.2. The van der Waals surface area contributed by atoms with E-state index in [4.69, 9.17) is 4.74 Å². The third kappa shape index (κ3) is 5.30. The second-order valence-electron chi connectivity index (χ2n) is 8.47. The molecule has 0 fully saturated rings. The Kier molecular flexibility index (Phi) is 7.38. The quantitative estimate of drug-likeness (QED) is 0.153. The fourth-order valence-corrected chi connectivity index (χ4v) is 6.23. The molecule has 1 amide bonds. The second-order valence-corrected chi connectivity index (χ2v) is 10.5. The number of rotatable bonds is 7. The molecule has 1 aliphatic rings. The predicted molar refractivity (Wildman–Crippen MR) is 140 cm³/mol. The van der Waals surface area contributed by atoms with Crippen LogP contribution in [-0.4, -0.2) is 44.0 Å². The standard InChI is InChI=1S/C25H24FN5O4S2/c1-2-35-24(34)20-16-6-4-3-5-7-18(16)37-23(20)28-19(32)13-36-25-29-21-17(22(33)30-25)12-27-31(21)15-10-8-14(26)9-11-15/h8-12H,2-7,13H2,1H3,(H,28,32)(H,29,30,33). The van der Waals surface area contributed by atoms with Crippen LogP contribution in [0.4, 0.5) is 9.39 Å². The number of H-pyrrole nitrogens is 1. The molecule has 3 aromatic heterocycles. The number of aromatic nitrogens is 4. The minimum absolute atomic E-state index is 0.0377. The Labute approximate surface area is 219 Å². The first-order valence-corrected chi connectivity index (χ1v) is 13.7. The van der Waals surface area contributed by atoms with E-state index < -0.39 is 11.5 Å². The molecule has 0 saturated heterocycles. The minimum Gasteiger partial charge on any atom is -0.462 e.